The van der Waals surface area contributed by atoms with Gasteiger partial charge in [0.2, 0.25) is 11.7 Å². The first kappa shape index (κ1) is 18.1. The van der Waals surface area contributed by atoms with E-state index >= 15 is 0 Å². The van der Waals surface area contributed by atoms with Crippen LogP contribution in [0, 0.1) is 6.92 Å². The monoisotopic (exact) mass is 401 g/mol. The molecule has 0 aliphatic heterocycles. The second-order valence-electron chi connectivity index (χ2n) is 6.81. The lowest BCUT2D eigenvalue weighted by Gasteiger charge is -2.05. The zero-order valence-corrected chi connectivity index (χ0v) is 16.6. The number of rotatable bonds is 6. The van der Waals surface area contributed by atoms with Crippen molar-refractivity contribution >= 4 is 10.8 Å². The minimum Gasteiger partial charge on any atom is -0.487 e. The normalized spacial score (nSPS) is 11.3. The Bertz CT molecular complexity index is 1300. The molecule has 0 saturated carbocycles. The molecule has 0 aliphatic rings. The highest BCUT2D eigenvalue weighted by atomic mass is 16.5. The van der Waals surface area contributed by atoms with Crippen LogP contribution in [0.1, 0.15) is 18.4 Å². The Kier molecular flexibility index (Phi) is 4.51. The number of benzene rings is 2. The fraction of sp³-hybridized carbons (Fsp3) is 0.182. The number of aryl methyl sites for hydroxylation is 2. The lowest BCUT2D eigenvalue weighted by atomic mass is 10.1. The number of ether oxygens (including phenoxy) is 1. The van der Waals surface area contributed by atoms with Crippen molar-refractivity contribution in [2.45, 2.75) is 27.0 Å². The standard InChI is InChI=1S/C22H19N5O3/c1-3-27-21(24-25-26-27)20-18-11-17(10-9-16(18)12-29-20)28-13-19-14(2)30-22(23-19)15-7-5-4-6-8-15/h4-12H,3,13H2,1-2H3. The number of hydrogen-bond donors (Lipinski definition) is 0. The van der Waals surface area contributed by atoms with Gasteiger partial charge in [0.15, 0.2) is 5.76 Å². The van der Waals surface area contributed by atoms with E-state index in [1.807, 2.05) is 62.4 Å². The molecule has 30 heavy (non-hydrogen) atoms. The first-order valence-electron chi connectivity index (χ1n) is 9.65. The third-order valence-electron chi connectivity index (χ3n) is 4.90. The average Bonchev–Trinajstić information content (AvgIpc) is 3.50. The summed E-state index contributed by atoms with van der Waals surface area (Å²) in [6.45, 7) is 4.81. The van der Waals surface area contributed by atoms with Gasteiger partial charge in [0.05, 0.1) is 6.26 Å². The molecule has 0 bridgehead atoms. The van der Waals surface area contributed by atoms with Crippen molar-refractivity contribution in [2.24, 2.45) is 0 Å². The van der Waals surface area contributed by atoms with E-state index in [-0.39, 0.29) is 0 Å². The van der Waals surface area contributed by atoms with E-state index in [0.717, 1.165) is 27.8 Å². The lowest BCUT2D eigenvalue weighted by molar-refractivity contribution is 0.300. The molecule has 8 heteroatoms. The number of hydrogen-bond acceptors (Lipinski definition) is 7. The van der Waals surface area contributed by atoms with Crippen LogP contribution < -0.4 is 4.74 Å². The van der Waals surface area contributed by atoms with Crippen molar-refractivity contribution in [1.82, 2.24) is 25.2 Å². The van der Waals surface area contributed by atoms with Crippen molar-refractivity contribution in [3.05, 3.63) is 66.2 Å². The number of fused-ring (bicyclic) bond motifs is 1. The molecule has 0 spiro atoms. The van der Waals surface area contributed by atoms with Crippen molar-refractivity contribution < 1.29 is 13.6 Å². The highest BCUT2D eigenvalue weighted by Crippen LogP contribution is 2.32. The van der Waals surface area contributed by atoms with Crippen LogP contribution in [0.25, 0.3) is 33.8 Å². The van der Waals surface area contributed by atoms with Gasteiger partial charge in [-0.2, -0.15) is 0 Å². The van der Waals surface area contributed by atoms with Crippen molar-refractivity contribution in [3.63, 3.8) is 0 Å². The Morgan fingerprint density at radius 2 is 1.97 bits per heavy atom. The Labute approximate surface area is 172 Å². The van der Waals surface area contributed by atoms with Crippen molar-refractivity contribution in [2.75, 3.05) is 0 Å². The largest absolute Gasteiger partial charge is 0.487 e. The second-order valence-corrected chi connectivity index (χ2v) is 6.81. The van der Waals surface area contributed by atoms with Gasteiger partial charge in [-0.15, -0.1) is 5.10 Å². The molecule has 2 aromatic carbocycles. The Balaban J connectivity index is 1.40. The summed E-state index contributed by atoms with van der Waals surface area (Å²) in [6.07, 6.45) is 1.69. The number of furan rings is 1. The number of aromatic nitrogens is 5. The molecule has 3 aromatic heterocycles. The summed E-state index contributed by atoms with van der Waals surface area (Å²) in [4.78, 5) is 4.59. The van der Waals surface area contributed by atoms with Gasteiger partial charge in [-0.05, 0) is 54.6 Å². The quantitative estimate of drug-likeness (QED) is 0.409. The molecule has 0 atom stereocenters. The van der Waals surface area contributed by atoms with Crippen LogP contribution in [-0.4, -0.2) is 25.2 Å². The van der Waals surface area contributed by atoms with Gasteiger partial charge in [-0.25, -0.2) is 9.67 Å². The highest BCUT2D eigenvalue weighted by Gasteiger charge is 2.17. The molecular formula is C22H19N5O3. The maximum absolute atomic E-state index is 6.01. The van der Waals surface area contributed by atoms with Crippen molar-refractivity contribution in [3.8, 4) is 28.8 Å². The molecule has 3 heterocycles. The van der Waals surface area contributed by atoms with E-state index in [0.29, 0.717) is 36.4 Å². The predicted molar refractivity (Wildman–Crippen MR) is 110 cm³/mol. The van der Waals surface area contributed by atoms with Crippen LogP contribution in [-0.2, 0) is 13.2 Å². The zero-order chi connectivity index (χ0) is 20.5. The summed E-state index contributed by atoms with van der Waals surface area (Å²) >= 11 is 0. The number of tetrazole rings is 1. The summed E-state index contributed by atoms with van der Waals surface area (Å²) in [5, 5.41) is 13.7. The molecule has 0 amide bonds. The van der Waals surface area contributed by atoms with Gasteiger partial charge in [0, 0.05) is 22.9 Å². The van der Waals surface area contributed by atoms with Crippen LogP contribution in [0.15, 0.2) is 63.6 Å². The minimum atomic E-state index is 0.299. The van der Waals surface area contributed by atoms with Crippen LogP contribution in [0.2, 0.25) is 0 Å². The van der Waals surface area contributed by atoms with E-state index in [9.17, 15) is 0 Å². The van der Waals surface area contributed by atoms with E-state index in [1.165, 1.54) is 0 Å². The molecule has 0 saturated heterocycles. The summed E-state index contributed by atoms with van der Waals surface area (Å²) in [5.74, 6) is 3.23. The molecule has 5 rings (SSSR count). The molecule has 0 N–H and O–H groups in total. The number of oxazole rings is 1. The van der Waals surface area contributed by atoms with Gasteiger partial charge >= 0.3 is 0 Å². The smallest absolute Gasteiger partial charge is 0.226 e. The van der Waals surface area contributed by atoms with Gasteiger partial charge in [-0.1, -0.05) is 18.2 Å². The highest BCUT2D eigenvalue weighted by molar-refractivity contribution is 5.93. The maximum atomic E-state index is 6.01. The minimum absolute atomic E-state index is 0.299. The van der Waals surface area contributed by atoms with Crippen LogP contribution in [0.3, 0.4) is 0 Å². The molecule has 0 aliphatic carbocycles. The molecule has 8 nitrogen and oxygen atoms in total. The summed E-state index contributed by atoms with van der Waals surface area (Å²) in [6, 6.07) is 15.6. The lowest BCUT2D eigenvalue weighted by Crippen LogP contribution is -1.99. The summed E-state index contributed by atoms with van der Waals surface area (Å²) in [7, 11) is 0. The van der Waals surface area contributed by atoms with Crippen LogP contribution in [0.4, 0.5) is 0 Å². The van der Waals surface area contributed by atoms with Crippen LogP contribution >= 0.6 is 0 Å². The summed E-state index contributed by atoms with van der Waals surface area (Å²) in [5.41, 5.74) is 1.70. The Morgan fingerprint density at radius 1 is 1.10 bits per heavy atom. The van der Waals surface area contributed by atoms with Gasteiger partial charge in [0.1, 0.15) is 23.8 Å². The van der Waals surface area contributed by atoms with E-state index in [4.69, 9.17) is 13.6 Å². The molecule has 5 aromatic rings. The first-order valence-corrected chi connectivity index (χ1v) is 9.65. The zero-order valence-electron chi connectivity index (χ0n) is 16.6. The Morgan fingerprint density at radius 3 is 2.80 bits per heavy atom. The predicted octanol–water partition coefficient (Wildman–Crippen LogP) is 4.65. The molecule has 0 fully saturated rings. The van der Waals surface area contributed by atoms with E-state index in [2.05, 4.69) is 20.5 Å². The fourth-order valence-corrected chi connectivity index (χ4v) is 3.28. The topological polar surface area (TPSA) is 92.0 Å². The average molecular weight is 401 g/mol. The van der Waals surface area contributed by atoms with Gasteiger partial charge in [0.25, 0.3) is 0 Å². The Hall–Kier alpha value is -3.94. The molecule has 0 radical (unpaired) electrons. The molecule has 150 valence electrons. The van der Waals surface area contributed by atoms with Gasteiger partial charge < -0.3 is 13.6 Å². The first-order chi connectivity index (χ1) is 14.7. The SMILES string of the molecule is CCn1nnnc1-c1occ2ccc(OCc3nc(-c4ccccc4)oc3C)cc12. The summed E-state index contributed by atoms with van der Waals surface area (Å²) < 4.78 is 19.3. The number of nitrogens with zero attached hydrogens (tertiary/aromatic N) is 5. The molecular weight excluding hydrogens is 382 g/mol. The van der Waals surface area contributed by atoms with Crippen molar-refractivity contribution in [1.29, 1.82) is 0 Å². The van der Waals surface area contributed by atoms with E-state index in [1.54, 1.807) is 10.9 Å². The molecule has 0 unspecified atom stereocenters. The fourth-order valence-electron chi connectivity index (χ4n) is 3.28. The maximum Gasteiger partial charge on any atom is 0.226 e. The third kappa shape index (κ3) is 3.22. The van der Waals surface area contributed by atoms with Gasteiger partial charge in [-0.3, -0.25) is 0 Å². The van der Waals surface area contributed by atoms with E-state index < -0.39 is 0 Å². The third-order valence-corrected chi connectivity index (χ3v) is 4.90. The van der Waals surface area contributed by atoms with Crippen LogP contribution in [0.5, 0.6) is 5.75 Å². The second kappa shape index (κ2) is 7.47.